The van der Waals surface area contributed by atoms with E-state index in [-0.39, 0.29) is 23.6 Å². The highest BCUT2D eigenvalue weighted by Gasteiger charge is 2.20. The first-order valence-electron chi connectivity index (χ1n) is 4.60. The van der Waals surface area contributed by atoms with Crippen LogP contribution in [-0.4, -0.2) is 31.4 Å². The average Bonchev–Trinajstić information content (AvgIpc) is 2.28. The lowest BCUT2D eigenvalue weighted by atomic mass is 10.1. The van der Waals surface area contributed by atoms with E-state index in [1.54, 1.807) is 7.05 Å². The van der Waals surface area contributed by atoms with Gasteiger partial charge in [0.2, 0.25) is 0 Å². The van der Waals surface area contributed by atoms with Gasteiger partial charge in [-0.05, 0) is 19.2 Å². The Morgan fingerprint density at radius 3 is 2.75 bits per heavy atom. The maximum absolute atomic E-state index is 11.6. The number of methoxy groups -OCH3 is 1. The number of rotatable bonds is 5. The molecule has 86 valence electrons. The normalized spacial score (nSPS) is 9.88. The van der Waals surface area contributed by atoms with Gasteiger partial charge in [-0.1, -0.05) is 0 Å². The molecule has 0 spiro atoms. The van der Waals surface area contributed by atoms with Crippen LogP contribution < -0.4 is 10.1 Å². The molecular formula is C10H12N2O4. The standard InChI is InChI=1S/C10H12N2O4/c1-11-6-10(13)8-4-3-7(16-2)5-9(8)12(14)15/h3-5,11H,6H2,1-2H3. The lowest BCUT2D eigenvalue weighted by molar-refractivity contribution is -0.385. The van der Waals surface area contributed by atoms with Crippen LogP contribution in [0.5, 0.6) is 5.75 Å². The van der Waals surface area contributed by atoms with Crippen molar-refractivity contribution in [1.29, 1.82) is 0 Å². The van der Waals surface area contributed by atoms with Crippen molar-refractivity contribution < 1.29 is 14.5 Å². The number of hydrogen-bond acceptors (Lipinski definition) is 5. The van der Waals surface area contributed by atoms with Crippen LogP contribution in [-0.2, 0) is 0 Å². The van der Waals surface area contributed by atoms with E-state index < -0.39 is 4.92 Å². The molecule has 0 fully saturated rings. The summed E-state index contributed by atoms with van der Waals surface area (Å²) in [6.07, 6.45) is 0. The Kier molecular flexibility index (Phi) is 3.96. The summed E-state index contributed by atoms with van der Waals surface area (Å²) in [6, 6.07) is 4.16. The fourth-order valence-electron chi connectivity index (χ4n) is 1.28. The maximum atomic E-state index is 11.6. The fourth-order valence-corrected chi connectivity index (χ4v) is 1.28. The molecule has 0 aliphatic carbocycles. The summed E-state index contributed by atoms with van der Waals surface area (Å²) < 4.78 is 4.87. The van der Waals surface area contributed by atoms with Crippen molar-refractivity contribution in [3.05, 3.63) is 33.9 Å². The van der Waals surface area contributed by atoms with Crippen LogP contribution >= 0.6 is 0 Å². The summed E-state index contributed by atoms with van der Waals surface area (Å²) in [5.41, 5.74) is -0.153. The summed E-state index contributed by atoms with van der Waals surface area (Å²) >= 11 is 0. The number of carbonyl (C=O) groups excluding carboxylic acids is 1. The predicted molar refractivity (Wildman–Crippen MR) is 57.9 cm³/mol. The summed E-state index contributed by atoms with van der Waals surface area (Å²) in [6.45, 7) is 0.0627. The third-order valence-electron chi connectivity index (χ3n) is 2.04. The third kappa shape index (κ3) is 2.54. The van der Waals surface area contributed by atoms with E-state index >= 15 is 0 Å². The molecule has 0 atom stereocenters. The Labute approximate surface area is 92.4 Å². The van der Waals surface area contributed by atoms with Gasteiger partial charge in [-0.15, -0.1) is 0 Å². The number of ketones is 1. The van der Waals surface area contributed by atoms with Crippen molar-refractivity contribution in [2.24, 2.45) is 0 Å². The number of benzene rings is 1. The Hall–Kier alpha value is -1.95. The highest BCUT2D eigenvalue weighted by atomic mass is 16.6. The molecule has 0 aliphatic rings. The molecule has 0 amide bonds. The van der Waals surface area contributed by atoms with Gasteiger partial charge in [0.1, 0.15) is 5.75 Å². The highest BCUT2D eigenvalue weighted by Crippen LogP contribution is 2.24. The van der Waals surface area contributed by atoms with E-state index in [1.165, 1.54) is 25.3 Å². The summed E-state index contributed by atoms with van der Waals surface area (Å²) in [7, 11) is 3.02. The van der Waals surface area contributed by atoms with Gasteiger partial charge < -0.3 is 10.1 Å². The fraction of sp³-hybridized carbons (Fsp3) is 0.300. The van der Waals surface area contributed by atoms with Gasteiger partial charge >= 0.3 is 0 Å². The van der Waals surface area contributed by atoms with E-state index in [4.69, 9.17) is 4.74 Å². The second kappa shape index (κ2) is 5.22. The Bertz CT molecular complexity index is 417. The van der Waals surface area contributed by atoms with Gasteiger partial charge in [0, 0.05) is 0 Å². The van der Waals surface area contributed by atoms with Crippen molar-refractivity contribution in [3.8, 4) is 5.75 Å². The molecule has 0 aliphatic heterocycles. The van der Waals surface area contributed by atoms with Crippen LogP contribution in [0.4, 0.5) is 5.69 Å². The van der Waals surface area contributed by atoms with Gasteiger partial charge in [0.05, 0.1) is 30.2 Å². The molecule has 1 aromatic carbocycles. The Balaban J connectivity index is 3.17. The molecule has 16 heavy (non-hydrogen) atoms. The molecule has 0 aromatic heterocycles. The van der Waals surface area contributed by atoms with E-state index in [2.05, 4.69) is 5.32 Å². The van der Waals surface area contributed by atoms with Gasteiger partial charge in [-0.25, -0.2) is 0 Å². The number of nitro groups is 1. The van der Waals surface area contributed by atoms with Crippen molar-refractivity contribution in [2.45, 2.75) is 0 Å². The van der Waals surface area contributed by atoms with Crippen molar-refractivity contribution in [1.82, 2.24) is 5.32 Å². The smallest absolute Gasteiger partial charge is 0.283 e. The molecule has 1 N–H and O–H groups in total. The topological polar surface area (TPSA) is 81.5 Å². The predicted octanol–water partition coefficient (Wildman–Crippen LogP) is 1.01. The number of likely N-dealkylation sites (N-methyl/N-ethyl adjacent to an activating group) is 1. The van der Waals surface area contributed by atoms with E-state index in [0.717, 1.165) is 0 Å². The lowest BCUT2D eigenvalue weighted by Crippen LogP contribution is -2.19. The van der Waals surface area contributed by atoms with Crippen LogP contribution in [0.1, 0.15) is 10.4 Å². The largest absolute Gasteiger partial charge is 0.497 e. The molecular weight excluding hydrogens is 212 g/mol. The number of nitrogens with one attached hydrogen (secondary N) is 1. The molecule has 0 radical (unpaired) electrons. The zero-order chi connectivity index (χ0) is 12.1. The minimum atomic E-state index is -0.592. The maximum Gasteiger partial charge on any atom is 0.283 e. The SMILES string of the molecule is CNCC(=O)c1ccc(OC)cc1[N+](=O)[O-]. The highest BCUT2D eigenvalue weighted by molar-refractivity contribution is 6.01. The number of carbonyl (C=O) groups is 1. The number of nitrogens with zero attached hydrogens (tertiary/aromatic N) is 1. The first kappa shape index (κ1) is 12.1. The van der Waals surface area contributed by atoms with Gasteiger partial charge in [-0.2, -0.15) is 0 Å². The summed E-state index contributed by atoms with van der Waals surface area (Å²) in [5.74, 6) is 0.0320. The molecule has 0 heterocycles. The number of ether oxygens (including phenoxy) is 1. The molecule has 0 unspecified atom stereocenters. The Morgan fingerprint density at radius 2 is 2.25 bits per heavy atom. The van der Waals surface area contributed by atoms with Crippen LogP contribution in [0, 0.1) is 10.1 Å². The lowest BCUT2D eigenvalue weighted by Gasteiger charge is -2.04. The van der Waals surface area contributed by atoms with E-state index in [0.29, 0.717) is 5.75 Å². The first-order chi connectivity index (χ1) is 7.60. The minimum Gasteiger partial charge on any atom is -0.497 e. The molecule has 1 aromatic rings. The summed E-state index contributed by atoms with van der Waals surface area (Å²) in [4.78, 5) is 21.7. The van der Waals surface area contributed by atoms with Crippen molar-refractivity contribution in [3.63, 3.8) is 0 Å². The second-order valence-electron chi connectivity index (χ2n) is 3.09. The average molecular weight is 224 g/mol. The molecule has 0 saturated heterocycles. The number of hydrogen-bond donors (Lipinski definition) is 1. The van der Waals surface area contributed by atoms with Crippen LogP contribution in [0.15, 0.2) is 18.2 Å². The minimum absolute atomic E-state index is 0.0627. The van der Waals surface area contributed by atoms with Gasteiger partial charge in [0.25, 0.3) is 5.69 Å². The van der Waals surface area contributed by atoms with E-state index in [1.807, 2.05) is 0 Å². The van der Waals surface area contributed by atoms with Gasteiger partial charge in [-0.3, -0.25) is 14.9 Å². The van der Waals surface area contributed by atoms with Crippen LogP contribution in [0.25, 0.3) is 0 Å². The van der Waals surface area contributed by atoms with Gasteiger partial charge in [0.15, 0.2) is 5.78 Å². The van der Waals surface area contributed by atoms with Crippen molar-refractivity contribution in [2.75, 3.05) is 20.7 Å². The van der Waals surface area contributed by atoms with Crippen LogP contribution in [0.2, 0.25) is 0 Å². The molecule has 6 heteroatoms. The van der Waals surface area contributed by atoms with Crippen molar-refractivity contribution >= 4 is 11.5 Å². The summed E-state index contributed by atoms with van der Waals surface area (Å²) in [5, 5.41) is 13.4. The Morgan fingerprint density at radius 1 is 1.56 bits per heavy atom. The monoisotopic (exact) mass is 224 g/mol. The van der Waals surface area contributed by atoms with Crippen LogP contribution in [0.3, 0.4) is 0 Å². The zero-order valence-electron chi connectivity index (χ0n) is 9.02. The second-order valence-corrected chi connectivity index (χ2v) is 3.09. The zero-order valence-corrected chi connectivity index (χ0v) is 9.02. The quantitative estimate of drug-likeness (QED) is 0.458. The first-order valence-corrected chi connectivity index (χ1v) is 4.60. The number of Topliss-reactive ketones (excluding diaryl/α,β-unsaturated/α-hetero) is 1. The molecule has 0 saturated carbocycles. The number of nitro benzene ring substituents is 1. The molecule has 0 bridgehead atoms. The molecule has 6 nitrogen and oxygen atoms in total. The third-order valence-corrected chi connectivity index (χ3v) is 2.04. The molecule has 1 rings (SSSR count). The van der Waals surface area contributed by atoms with E-state index in [9.17, 15) is 14.9 Å².